The van der Waals surface area contributed by atoms with Crippen LogP contribution in [0.1, 0.15) is 0 Å². The van der Waals surface area contributed by atoms with E-state index in [0.717, 1.165) is 31.5 Å². The van der Waals surface area contributed by atoms with Gasteiger partial charge in [-0.3, -0.25) is 4.40 Å². The topological polar surface area (TPSA) is 37.5 Å². The fraction of sp³-hybridized carbons (Fsp3) is 0. The molecule has 2 aromatic carbocycles. The van der Waals surface area contributed by atoms with Crippen LogP contribution in [0.5, 0.6) is 5.75 Å². The first kappa shape index (κ1) is 11.8. The van der Waals surface area contributed by atoms with E-state index >= 15 is 0 Å². The SMILES string of the molecule is Oc1ccc2c(c1)sc1nc(-c3ccc(Cl)cc3)cn12. The number of nitrogens with zero attached hydrogens (tertiary/aromatic N) is 2. The highest BCUT2D eigenvalue weighted by Gasteiger charge is 2.10. The number of aromatic hydroxyl groups is 1. The van der Waals surface area contributed by atoms with Crippen molar-refractivity contribution in [3.05, 3.63) is 53.7 Å². The molecule has 20 heavy (non-hydrogen) atoms. The summed E-state index contributed by atoms with van der Waals surface area (Å²) in [6, 6.07) is 13.0. The zero-order valence-electron chi connectivity index (χ0n) is 10.2. The van der Waals surface area contributed by atoms with Gasteiger partial charge in [0.15, 0.2) is 4.96 Å². The smallest absolute Gasteiger partial charge is 0.195 e. The summed E-state index contributed by atoms with van der Waals surface area (Å²) < 4.78 is 3.07. The number of imidazole rings is 1. The second-order valence-corrected chi connectivity index (χ2v) is 5.99. The van der Waals surface area contributed by atoms with Crippen LogP contribution >= 0.6 is 22.9 Å². The Hall–Kier alpha value is -2.04. The van der Waals surface area contributed by atoms with Gasteiger partial charge >= 0.3 is 0 Å². The van der Waals surface area contributed by atoms with Gasteiger partial charge in [-0.15, -0.1) is 0 Å². The van der Waals surface area contributed by atoms with Gasteiger partial charge in [-0.2, -0.15) is 0 Å². The van der Waals surface area contributed by atoms with E-state index in [0.29, 0.717) is 0 Å². The molecular formula is C15H9ClN2OS. The van der Waals surface area contributed by atoms with Gasteiger partial charge in [0.1, 0.15) is 5.75 Å². The maximum absolute atomic E-state index is 9.52. The lowest BCUT2D eigenvalue weighted by Crippen LogP contribution is -1.77. The Morgan fingerprint density at radius 3 is 2.70 bits per heavy atom. The van der Waals surface area contributed by atoms with Crippen molar-refractivity contribution in [3.63, 3.8) is 0 Å². The highest BCUT2D eigenvalue weighted by molar-refractivity contribution is 7.23. The summed E-state index contributed by atoms with van der Waals surface area (Å²) >= 11 is 7.46. The largest absolute Gasteiger partial charge is 0.508 e. The van der Waals surface area contributed by atoms with Crippen molar-refractivity contribution >= 4 is 38.1 Å². The summed E-state index contributed by atoms with van der Waals surface area (Å²) in [6.07, 6.45) is 2.01. The zero-order valence-corrected chi connectivity index (χ0v) is 11.8. The summed E-state index contributed by atoms with van der Waals surface area (Å²) in [7, 11) is 0. The number of hydrogen-bond donors (Lipinski definition) is 1. The van der Waals surface area contributed by atoms with E-state index in [4.69, 9.17) is 11.6 Å². The van der Waals surface area contributed by atoms with Crippen LogP contribution in [0.2, 0.25) is 5.02 Å². The third-order valence-corrected chi connectivity index (χ3v) is 4.49. The molecule has 0 saturated heterocycles. The van der Waals surface area contributed by atoms with Crippen molar-refractivity contribution in [1.29, 1.82) is 0 Å². The number of rotatable bonds is 1. The molecule has 5 heteroatoms. The second-order valence-electron chi connectivity index (χ2n) is 4.54. The minimum atomic E-state index is 0.278. The van der Waals surface area contributed by atoms with Gasteiger partial charge in [-0.05, 0) is 30.3 Å². The molecule has 1 N–H and O–H groups in total. The number of benzene rings is 2. The molecule has 0 spiro atoms. The number of phenolic OH excluding ortho intramolecular Hbond substituents is 1. The summed E-state index contributed by atoms with van der Waals surface area (Å²) in [5.41, 5.74) is 3.01. The summed E-state index contributed by atoms with van der Waals surface area (Å²) in [5.74, 6) is 0.278. The van der Waals surface area contributed by atoms with E-state index in [1.807, 2.05) is 40.9 Å². The Kier molecular flexibility index (Phi) is 2.49. The molecule has 3 nitrogen and oxygen atoms in total. The van der Waals surface area contributed by atoms with Crippen molar-refractivity contribution < 1.29 is 5.11 Å². The molecule has 0 atom stereocenters. The molecule has 0 amide bonds. The van der Waals surface area contributed by atoms with Crippen LogP contribution in [0.15, 0.2) is 48.7 Å². The van der Waals surface area contributed by atoms with E-state index in [1.54, 1.807) is 23.5 Å². The predicted molar refractivity (Wildman–Crippen MR) is 82.7 cm³/mol. The van der Waals surface area contributed by atoms with Gasteiger partial charge in [0, 0.05) is 16.8 Å². The maximum atomic E-state index is 9.52. The molecule has 0 unspecified atom stereocenters. The van der Waals surface area contributed by atoms with E-state index in [9.17, 15) is 5.11 Å². The average molecular weight is 301 g/mol. The third-order valence-electron chi connectivity index (χ3n) is 3.22. The Morgan fingerprint density at radius 1 is 1.10 bits per heavy atom. The Labute approximate surface area is 123 Å². The van der Waals surface area contributed by atoms with Crippen LogP contribution in [-0.4, -0.2) is 14.5 Å². The fourth-order valence-electron chi connectivity index (χ4n) is 2.25. The van der Waals surface area contributed by atoms with Crippen LogP contribution in [-0.2, 0) is 0 Å². The lowest BCUT2D eigenvalue weighted by atomic mass is 10.2. The van der Waals surface area contributed by atoms with Gasteiger partial charge in [0.25, 0.3) is 0 Å². The predicted octanol–water partition coefficient (Wildman–Crippen LogP) is 4.58. The second kappa shape index (κ2) is 4.23. The molecule has 2 aromatic heterocycles. The van der Waals surface area contributed by atoms with Crippen molar-refractivity contribution in [3.8, 4) is 17.0 Å². The van der Waals surface area contributed by atoms with Crippen LogP contribution < -0.4 is 0 Å². The number of halogens is 1. The molecular weight excluding hydrogens is 292 g/mol. The summed E-state index contributed by atoms with van der Waals surface area (Å²) in [4.78, 5) is 5.55. The lowest BCUT2D eigenvalue weighted by molar-refractivity contribution is 0.476. The maximum Gasteiger partial charge on any atom is 0.195 e. The van der Waals surface area contributed by atoms with Crippen molar-refractivity contribution in [1.82, 2.24) is 9.38 Å². The van der Waals surface area contributed by atoms with E-state index in [1.165, 1.54) is 0 Å². The number of aromatic nitrogens is 2. The molecule has 4 rings (SSSR count). The number of thiazole rings is 1. The summed E-state index contributed by atoms with van der Waals surface area (Å²) in [5, 5.41) is 10.2. The minimum Gasteiger partial charge on any atom is -0.508 e. The van der Waals surface area contributed by atoms with Gasteiger partial charge in [0.2, 0.25) is 0 Å². The molecule has 4 aromatic rings. The fourth-order valence-corrected chi connectivity index (χ4v) is 3.42. The van der Waals surface area contributed by atoms with Crippen molar-refractivity contribution in [2.24, 2.45) is 0 Å². The van der Waals surface area contributed by atoms with E-state index in [-0.39, 0.29) is 5.75 Å². The molecule has 0 aliphatic heterocycles. The Bertz CT molecular complexity index is 924. The normalized spacial score (nSPS) is 11.4. The summed E-state index contributed by atoms with van der Waals surface area (Å²) in [6.45, 7) is 0. The van der Waals surface area contributed by atoms with Gasteiger partial charge < -0.3 is 5.11 Å². The monoisotopic (exact) mass is 300 g/mol. The van der Waals surface area contributed by atoms with E-state index < -0.39 is 0 Å². The number of phenols is 1. The molecule has 2 heterocycles. The Morgan fingerprint density at radius 2 is 1.90 bits per heavy atom. The molecule has 0 bridgehead atoms. The lowest BCUT2D eigenvalue weighted by Gasteiger charge is -1.96. The molecule has 0 saturated carbocycles. The zero-order chi connectivity index (χ0) is 13.7. The highest BCUT2D eigenvalue weighted by Crippen LogP contribution is 2.31. The first-order valence-electron chi connectivity index (χ1n) is 6.07. The molecule has 98 valence electrons. The van der Waals surface area contributed by atoms with Crippen molar-refractivity contribution in [2.75, 3.05) is 0 Å². The van der Waals surface area contributed by atoms with E-state index in [2.05, 4.69) is 4.98 Å². The van der Waals surface area contributed by atoms with Crippen LogP contribution in [0.3, 0.4) is 0 Å². The minimum absolute atomic E-state index is 0.278. The standard InChI is InChI=1S/C15H9ClN2OS/c16-10-3-1-9(2-4-10)12-8-18-13-6-5-11(19)7-14(13)20-15(18)17-12/h1-8,19H. The Balaban J connectivity index is 1.93. The van der Waals surface area contributed by atoms with Crippen molar-refractivity contribution in [2.45, 2.75) is 0 Å². The first-order chi connectivity index (χ1) is 9.70. The average Bonchev–Trinajstić information content (AvgIpc) is 2.96. The number of hydrogen-bond acceptors (Lipinski definition) is 3. The van der Waals surface area contributed by atoms with Gasteiger partial charge in [0.05, 0.1) is 15.9 Å². The van der Waals surface area contributed by atoms with Gasteiger partial charge in [-0.1, -0.05) is 35.1 Å². The van der Waals surface area contributed by atoms with Crippen LogP contribution in [0, 0.1) is 0 Å². The van der Waals surface area contributed by atoms with Crippen LogP contribution in [0.25, 0.3) is 26.4 Å². The number of fused-ring (bicyclic) bond motifs is 3. The molecule has 0 aliphatic carbocycles. The van der Waals surface area contributed by atoms with Gasteiger partial charge in [-0.25, -0.2) is 4.98 Å². The third kappa shape index (κ3) is 1.77. The molecule has 0 radical (unpaired) electrons. The van der Waals surface area contributed by atoms with Crippen LogP contribution in [0.4, 0.5) is 0 Å². The first-order valence-corrected chi connectivity index (χ1v) is 7.27. The quantitative estimate of drug-likeness (QED) is 0.559. The highest BCUT2D eigenvalue weighted by atomic mass is 35.5. The molecule has 0 aliphatic rings. The molecule has 0 fully saturated rings.